The summed E-state index contributed by atoms with van der Waals surface area (Å²) in [5.74, 6) is 0.315. The number of fused-ring (bicyclic) bond motifs is 1. The number of carbonyl (C=O) groups excluding carboxylic acids is 1. The third kappa shape index (κ3) is 2.21. The highest BCUT2D eigenvalue weighted by Crippen LogP contribution is 2.28. The minimum Gasteiger partial charge on any atom is -0.497 e. The zero-order valence-corrected chi connectivity index (χ0v) is 9.28. The first-order valence-corrected chi connectivity index (χ1v) is 5.06. The predicted molar refractivity (Wildman–Crippen MR) is 63.7 cm³/mol. The molecule has 0 aliphatic rings. The van der Waals surface area contributed by atoms with Crippen molar-refractivity contribution < 1.29 is 9.53 Å². The lowest BCUT2D eigenvalue weighted by Gasteiger charge is -2.07. The van der Waals surface area contributed by atoms with Gasteiger partial charge >= 0.3 is 0 Å². The molecule has 5 heteroatoms. The number of ether oxygens (including phenoxy) is 1. The Balaban J connectivity index is 2.41. The number of nitrogens with one attached hydrogen (secondary N) is 2. The van der Waals surface area contributed by atoms with E-state index in [9.17, 15) is 4.79 Å². The standard InChI is InChI=1S/C12H11N3O2/c1-17-8-6-10-9(3-5-14-10)11(7-8)15-12(16)2-4-13/h3,5-7,14H,2H2,1H3,(H,15,16). The average molecular weight is 229 g/mol. The van der Waals surface area contributed by atoms with Gasteiger partial charge in [0.15, 0.2) is 0 Å². The van der Waals surface area contributed by atoms with E-state index < -0.39 is 0 Å². The van der Waals surface area contributed by atoms with Gasteiger partial charge in [-0.2, -0.15) is 5.26 Å². The molecule has 2 N–H and O–H groups in total. The summed E-state index contributed by atoms with van der Waals surface area (Å²) in [6, 6.07) is 7.24. The predicted octanol–water partition coefficient (Wildman–Crippen LogP) is 2.03. The van der Waals surface area contributed by atoms with Crippen molar-refractivity contribution in [3.63, 3.8) is 0 Å². The van der Waals surface area contributed by atoms with E-state index in [1.807, 2.05) is 18.2 Å². The van der Waals surface area contributed by atoms with Crippen molar-refractivity contribution in [2.24, 2.45) is 0 Å². The fourth-order valence-electron chi connectivity index (χ4n) is 1.63. The van der Waals surface area contributed by atoms with Crippen LogP contribution in [0.25, 0.3) is 10.9 Å². The smallest absolute Gasteiger partial charge is 0.238 e. The van der Waals surface area contributed by atoms with E-state index in [1.54, 1.807) is 19.4 Å². The molecule has 0 radical (unpaired) electrons. The van der Waals surface area contributed by atoms with E-state index in [0.29, 0.717) is 11.4 Å². The second kappa shape index (κ2) is 4.58. The summed E-state index contributed by atoms with van der Waals surface area (Å²) in [6.45, 7) is 0. The fourth-order valence-corrected chi connectivity index (χ4v) is 1.63. The molecule has 0 unspecified atom stereocenters. The van der Waals surface area contributed by atoms with Gasteiger partial charge in [-0.1, -0.05) is 0 Å². The Morgan fingerprint density at radius 1 is 1.59 bits per heavy atom. The van der Waals surface area contributed by atoms with E-state index in [2.05, 4.69) is 10.3 Å². The summed E-state index contributed by atoms with van der Waals surface area (Å²) in [5.41, 5.74) is 1.51. The number of hydrogen-bond acceptors (Lipinski definition) is 3. The van der Waals surface area contributed by atoms with Crippen LogP contribution in [0.1, 0.15) is 6.42 Å². The van der Waals surface area contributed by atoms with Crippen LogP contribution in [0.5, 0.6) is 5.75 Å². The van der Waals surface area contributed by atoms with E-state index in [1.165, 1.54) is 0 Å². The van der Waals surface area contributed by atoms with Crippen LogP contribution >= 0.6 is 0 Å². The molecular weight excluding hydrogens is 218 g/mol. The first kappa shape index (κ1) is 11.0. The van der Waals surface area contributed by atoms with Gasteiger partial charge in [-0.3, -0.25) is 4.79 Å². The first-order valence-electron chi connectivity index (χ1n) is 5.06. The van der Waals surface area contributed by atoms with Gasteiger partial charge in [0.2, 0.25) is 5.91 Å². The molecule has 17 heavy (non-hydrogen) atoms. The fraction of sp³-hybridized carbons (Fsp3) is 0.167. The zero-order chi connectivity index (χ0) is 12.3. The number of H-pyrrole nitrogens is 1. The summed E-state index contributed by atoms with van der Waals surface area (Å²) in [6.07, 6.45) is 1.62. The van der Waals surface area contributed by atoms with Gasteiger partial charge < -0.3 is 15.0 Å². The number of carbonyl (C=O) groups is 1. The highest BCUT2D eigenvalue weighted by atomic mass is 16.5. The molecule has 1 amide bonds. The summed E-state index contributed by atoms with van der Waals surface area (Å²) < 4.78 is 5.14. The Kier molecular flexibility index (Phi) is 2.97. The molecule has 2 aromatic rings. The number of rotatable bonds is 3. The maximum atomic E-state index is 11.4. The summed E-state index contributed by atoms with van der Waals surface area (Å²) >= 11 is 0. The molecular formula is C12H11N3O2. The molecule has 5 nitrogen and oxygen atoms in total. The molecule has 0 spiro atoms. The maximum absolute atomic E-state index is 11.4. The van der Waals surface area contributed by atoms with Gasteiger partial charge in [0, 0.05) is 23.7 Å². The van der Waals surface area contributed by atoms with Crippen molar-refractivity contribution in [2.45, 2.75) is 6.42 Å². The Labute approximate surface area is 98.0 Å². The first-order chi connectivity index (χ1) is 8.24. The molecule has 0 aliphatic carbocycles. The highest BCUT2D eigenvalue weighted by molar-refractivity contribution is 6.02. The van der Waals surface area contributed by atoms with Gasteiger partial charge in [-0.25, -0.2) is 0 Å². The topological polar surface area (TPSA) is 77.9 Å². The van der Waals surface area contributed by atoms with Crippen LogP contribution in [0.3, 0.4) is 0 Å². The summed E-state index contributed by atoms with van der Waals surface area (Å²) in [7, 11) is 1.56. The third-order valence-corrected chi connectivity index (χ3v) is 2.39. The molecule has 1 aromatic carbocycles. The normalized spacial score (nSPS) is 9.88. The van der Waals surface area contributed by atoms with Gasteiger partial charge in [0.1, 0.15) is 12.2 Å². The number of benzene rings is 1. The third-order valence-electron chi connectivity index (χ3n) is 2.39. The minimum absolute atomic E-state index is 0.164. The van der Waals surface area contributed by atoms with Gasteiger partial charge in [0.05, 0.1) is 24.4 Å². The summed E-state index contributed by atoms with van der Waals surface area (Å²) in [5, 5.41) is 12.0. The second-order valence-electron chi connectivity index (χ2n) is 3.50. The molecule has 0 saturated heterocycles. The van der Waals surface area contributed by atoms with Crippen LogP contribution in [0.2, 0.25) is 0 Å². The molecule has 0 aliphatic heterocycles. The van der Waals surface area contributed by atoms with Crippen molar-refractivity contribution >= 4 is 22.5 Å². The number of nitrogens with zero attached hydrogens (tertiary/aromatic N) is 1. The maximum Gasteiger partial charge on any atom is 0.238 e. The number of aromatic nitrogens is 1. The average Bonchev–Trinajstić information content (AvgIpc) is 2.77. The van der Waals surface area contributed by atoms with Crippen LogP contribution in [0.4, 0.5) is 5.69 Å². The number of methoxy groups -OCH3 is 1. The molecule has 2 rings (SSSR count). The number of anilines is 1. The zero-order valence-electron chi connectivity index (χ0n) is 9.28. The lowest BCUT2D eigenvalue weighted by Crippen LogP contribution is -2.10. The van der Waals surface area contributed by atoms with Crippen molar-refractivity contribution in [1.29, 1.82) is 5.26 Å². The van der Waals surface area contributed by atoms with Crippen LogP contribution in [-0.4, -0.2) is 18.0 Å². The summed E-state index contributed by atoms with van der Waals surface area (Å²) in [4.78, 5) is 14.4. The van der Waals surface area contributed by atoms with E-state index in [4.69, 9.17) is 10.00 Å². The van der Waals surface area contributed by atoms with Crippen molar-refractivity contribution in [3.8, 4) is 11.8 Å². The molecule has 0 saturated carbocycles. The largest absolute Gasteiger partial charge is 0.497 e. The number of amides is 1. The molecule has 86 valence electrons. The molecule has 0 bridgehead atoms. The Hall–Kier alpha value is -2.48. The van der Waals surface area contributed by atoms with E-state index in [-0.39, 0.29) is 12.3 Å². The van der Waals surface area contributed by atoms with E-state index >= 15 is 0 Å². The Morgan fingerprint density at radius 3 is 3.12 bits per heavy atom. The van der Waals surface area contributed by atoms with Crippen LogP contribution in [-0.2, 0) is 4.79 Å². The quantitative estimate of drug-likeness (QED) is 0.845. The van der Waals surface area contributed by atoms with Gasteiger partial charge in [-0.15, -0.1) is 0 Å². The number of hydrogen-bond donors (Lipinski definition) is 2. The van der Waals surface area contributed by atoms with Crippen molar-refractivity contribution in [1.82, 2.24) is 4.98 Å². The van der Waals surface area contributed by atoms with Crippen molar-refractivity contribution in [2.75, 3.05) is 12.4 Å². The van der Waals surface area contributed by atoms with Crippen LogP contribution in [0.15, 0.2) is 24.4 Å². The Morgan fingerprint density at radius 2 is 2.41 bits per heavy atom. The van der Waals surface area contributed by atoms with Gasteiger partial charge in [0.25, 0.3) is 0 Å². The van der Waals surface area contributed by atoms with Crippen LogP contribution in [0, 0.1) is 11.3 Å². The van der Waals surface area contributed by atoms with E-state index in [0.717, 1.165) is 10.9 Å². The Bertz CT molecular complexity index is 595. The number of aromatic amines is 1. The van der Waals surface area contributed by atoms with Crippen LogP contribution < -0.4 is 10.1 Å². The lowest BCUT2D eigenvalue weighted by molar-refractivity contribution is -0.115. The second-order valence-corrected chi connectivity index (χ2v) is 3.50. The monoisotopic (exact) mass is 229 g/mol. The molecule has 1 aromatic heterocycles. The molecule has 0 fully saturated rings. The number of nitriles is 1. The molecule has 0 atom stereocenters. The lowest BCUT2D eigenvalue weighted by atomic mass is 10.2. The minimum atomic E-state index is -0.330. The highest BCUT2D eigenvalue weighted by Gasteiger charge is 2.08. The van der Waals surface area contributed by atoms with Crippen molar-refractivity contribution in [3.05, 3.63) is 24.4 Å². The molecule has 1 heterocycles. The van der Waals surface area contributed by atoms with Gasteiger partial charge in [-0.05, 0) is 6.07 Å². The SMILES string of the molecule is COc1cc(NC(=O)CC#N)c2cc[nH]c2c1.